The second-order valence-electron chi connectivity index (χ2n) is 9.04. The van der Waals surface area contributed by atoms with E-state index < -0.39 is 0 Å². The number of ether oxygens (including phenoxy) is 1. The number of oxazole rings is 1. The third-order valence-corrected chi connectivity index (χ3v) is 6.41. The molecule has 0 atom stereocenters. The van der Waals surface area contributed by atoms with Crippen LogP contribution < -0.4 is 10.2 Å². The Kier molecular flexibility index (Phi) is 8.42. The lowest BCUT2D eigenvalue weighted by molar-refractivity contribution is 0.102. The summed E-state index contributed by atoms with van der Waals surface area (Å²) in [6.45, 7) is 4.67. The van der Waals surface area contributed by atoms with E-state index >= 15 is 0 Å². The summed E-state index contributed by atoms with van der Waals surface area (Å²) < 4.78 is 12.7. The fourth-order valence-electron chi connectivity index (χ4n) is 4.50. The molecular weight excluding hydrogens is 496 g/mol. The maximum atomic E-state index is 13.2. The molecular formula is C26H31ClN6O4. The van der Waals surface area contributed by atoms with Gasteiger partial charge in [-0.25, -0.2) is 4.98 Å². The van der Waals surface area contributed by atoms with Crippen LogP contribution in [0.1, 0.15) is 35.4 Å². The molecule has 1 saturated heterocycles. The Morgan fingerprint density at radius 1 is 1.27 bits per heavy atom. The third kappa shape index (κ3) is 5.93. The molecule has 0 spiro atoms. The number of methoxy groups -OCH3 is 1. The number of benzene rings is 1. The number of anilines is 2. The predicted molar refractivity (Wildman–Crippen MR) is 143 cm³/mol. The summed E-state index contributed by atoms with van der Waals surface area (Å²) in [5.41, 5.74) is 4.34. The van der Waals surface area contributed by atoms with Crippen LogP contribution in [0.3, 0.4) is 0 Å². The Hall–Kier alpha value is -3.47. The zero-order valence-corrected chi connectivity index (χ0v) is 21.7. The van der Waals surface area contributed by atoms with Crippen molar-refractivity contribution in [3.63, 3.8) is 0 Å². The van der Waals surface area contributed by atoms with Gasteiger partial charge in [-0.2, -0.15) is 5.10 Å². The number of carbonyl (C=O) groups is 1. The number of piperidine rings is 1. The number of hydrogen-bond acceptors (Lipinski definition) is 8. The Balaban J connectivity index is 0.00000320. The Morgan fingerprint density at radius 2 is 2.08 bits per heavy atom. The average molecular weight is 527 g/mol. The van der Waals surface area contributed by atoms with Crippen LogP contribution in [0.4, 0.5) is 11.4 Å². The van der Waals surface area contributed by atoms with Crippen molar-refractivity contribution in [3.05, 3.63) is 54.3 Å². The fraction of sp³-hybridized carbons (Fsp3) is 0.385. The van der Waals surface area contributed by atoms with E-state index in [9.17, 15) is 9.90 Å². The maximum absolute atomic E-state index is 13.2. The monoisotopic (exact) mass is 526 g/mol. The summed E-state index contributed by atoms with van der Waals surface area (Å²) >= 11 is 0. The molecule has 1 aliphatic heterocycles. The molecule has 4 heterocycles. The van der Waals surface area contributed by atoms with Gasteiger partial charge in [0.15, 0.2) is 5.69 Å². The van der Waals surface area contributed by atoms with Crippen LogP contribution in [0.15, 0.2) is 47.3 Å². The summed E-state index contributed by atoms with van der Waals surface area (Å²) in [4.78, 5) is 24.0. The van der Waals surface area contributed by atoms with E-state index in [2.05, 4.69) is 31.3 Å². The fourth-order valence-corrected chi connectivity index (χ4v) is 4.50. The van der Waals surface area contributed by atoms with Gasteiger partial charge in [0.1, 0.15) is 6.26 Å². The summed E-state index contributed by atoms with van der Waals surface area (Å²) in [6.07, 6.45) is 6.76. The quantitative estimate of drug-likeness (QED) is 0.330. The van der Waals surface area contributed by atoms with E-state index in [1.165, 1.54) is 6.26 Å². The highest BCUT2D eigenvalue weighted by atomic mass is 35.5. The van der Waals surface area contributed by atoms with Gasteiger partial charge in [-0.05, 0) is 50.5 Å². The van der Waals surface area contributed by atoms with Gasteiger partial charge in [0.05, 0.1) is 29.2 Å². The minimum absolute atomic E-state index is 0. The molecule has 0 saturated carbocycles. The van der Waals surface area contributed by atoms with Gasteiger partial charge >= 0.3 is 0 Å². The first-order chi connectivity index (χ1) is 17.5. The smallest absolute Gasteiger partial charge is 0.277 e. The van der Waals surface area contributed by atoms with Gasteiger partial charge in [-0.3, -0.25) is 14.5 Å². The van der Waals surface area contributed by atoms with Gasteiger partial charge in [-0.1, -0.05) is 0 Å². The average Bonchev–Trinajstić information content (AvgIpc) is 3.52. The number of pyridine rings is 1. The second-order valence-corrected chi connectivity index (χ2v) is 9.04. The van der Waals surface area contributed by atoms with E-state index in [4.69, 9.17) is 9.15 Å². The number of aliphatic hydroxyl groups excluding tert-OH is 1. The van der Waals surface area contributed by atoms with Crippen LogP contribution in [0, 0.1) is 6.92 Å². The number of fused-ring (bicyclic) bond motifs is 1. The second kappa shape index (κ2) is 11.7. The summed E-state index contributed by atoms with van der Waals surface area (Å²) in [5.74, 6) is 0.00425. The lowest BCUT2D eigenvalue weighted by Crippen LogP contribution is -2.36. The van der Waals surface area contributed by atoms with Crippen LogP contribution in [0.5, 0.6) is 0 Å². The standard InChI is InChI=1S/C26H30N6O4.ClH/c1-17-12-18(4-7-27-17)26-30-22(16-36-26)25(34)29-21-13-19-15-28-32(8-3-11-35-2)23(19)14-24(21)31-9-5-20(33)6-10-31;/h4,7,12-16,20,33H,3,5-6,8-11H2,1-2H3,(H,29,34);1H. The number of carbonyl (C=O) groups excluding carboxylic acids is 1. The Labute approximate surface area is 221 Å². The molecule has 0 aliphatic carbocycles. The summed E-state index contributed by atoms with van der Waals surface area (Å²) in [6, 6.07) is 7.66. The summed E-state index contributed by atoms with van der Waals surface area (Å²) in [5, 5.41) is 18.5. The highest BCUT2D eigenvalue weighted by molar-refractivity contribution is 6.06. The van der Waals surface area contributed by atoms with Crippen molar-refractivity contribution in [1.82, 2.24) is 19.7 Å². The Bertz CT molecular complexity index is 1360. The molecule has 1 amide bonds. The molecule has 11 heteroatoms. The van der Waals surface area contributed by atoms with Gasteiger partial charge in [0.2, 0.25) is 5.89 Å². The zero-order chi connectivity index (χ0) is 25.1. The van der Waals surface area contributed by atoms with E-state index in [-0.39, 0.29) is 30.1 Å². The van der Waals surface area contributed by atoms with Gasteiger partial charge in [0.25, 0.3) is 5.91 Å². The van der Waals surface area contributed by atoms with Gasteiger partial charge in [0, 0.05) is 56.2 Å². The first-order valence-electron chi connectivity index (χ1n) is 12.1. The van der Waals surface area contributed by atoms with Crippen molar-refractivity contribution in [2.24, 2.45) is 0 Å². The molecule has 0 bridgehead atoms. The minimum Gasteiger partial charge on any atom is -0.444 e. The van der Waals surface area contributed by atoms with E-state index in [0.29, 0.717) is 44.1 Å². The van der Waals surface area contributed by atoms with Crippen LogP contribution >= 0.6 is 12.4 Å². The number of aromatic nitrogens is 4. The lowest BCUT2D eigenvalue weighted by Gasteiger charge is -2.33. The first-order valence-corrected chi connectivity index (χ1v) is 12.1. The molecule has 1 aromatic carbocycles. The molecule has 3 aromatic heterocycles. The highest BCUT2D eigenvalue weighted by Gasteiger charge is 2.23. The number of halogens is 1. The molecule has 2 N–H and O–H groups in total. The van der Waals surface area contributed by atoms with Crippen molar-refractivity contribution < 1.29 is 19.1 Å². The van der Waals surface area contributed by atoms with Crippen molar-refractivity contribution in [2.75, 3.05) is 37.0 Å². The largest absolute Gasteiger partial charge is 0.444 e. The van der Waals surface area contributed by atoms with Crippen LogP contribution in [-0.4, -0.2) is 63.7 Å². The Morgan fingerprint density at radius 3 is 2.84 bits per heavy atom. The number of nitrogens with zero attached hydrogens (tertiary/aromatic N) is 5. The van der Waals surface area contributed by atoms with Gasteiger partial charge < -0.3 is 24.5 Å². The minimum atomic E-state index is -0.360. The molecule has 1 fully saturated rings. The molecule has 37 heavy (non-hydrogen) atoms. The third-order valence-electron chi connectivity index (χ3n) is 6.41. The van der Waals surface area contributed by atoms with E-state index in [1.54, 1.807) is 19.4 Å². The molecule has 0 unspecified atom stereocenters. The van der Waals surface area contributed by atoms with Gasteiger partial charge in [-0.15, -0.1) is 12.4 Å². The number of aliphatic hydroxyl groups is 1. The molecule has 1 aliphatic rings. The summed E-state index contributed by atoms with van der Waals surface area (Å²) in [7, 11) is 1.69. The van der Waals surface area contributed by atoms with Crippen molar-refractivity contribution in [2.45, 2.75) is 38.8 Å². The number of aryl methyl sites for hydroxylation is 2. The highest BCUT2D eigenvalue weighted by Crippen LogP contribution is 2.34. The lowest BCUT2D eigenvalue weighted by atomic mass is 10.1. The van der Waals surface area contributed by atoms with Crippen molar-refractivity contribution in [1.29, 1.82) is 0 Å². The predicted octanol–water partition coefficient (Wildman–Crippen LogP) is 4.07. The number of rotatable bonds is 8. The first kappa shape index (κ1) is 26.6. The van der Waals surface area contributed by atoms with E-state index in [1.807, 2.05) is 29.9 Å². The normalized spacial score (nSPS) is 14.1. The maximum Gasteiger partial charge on any atom is 0.277 e. The number of hydrogen-bond donors (Lipinski definition) is 2. The molecule has 196 valence electrons. The van der Waals surface area contributed by atoms with Crippen molar-refractivity contribution in [3.8, 4) is 11.5 Å². The van der Waals surface area contributed by atoms with Crippen LogP contribution in [-0.2, 0) is 11.3 Å². The molecule has 4 aromatic rings. The molecule has 0 radical (unpaired) electrons. The zero-order valence-electron chi connectivity index (χ0n) is 20.9. The molecule has 5 rings (SSSR count). The number of nitrogens with one attached hydrogen (secondary N) is 1. The number of amides is 1. The van der Waals surface area contributed by atoms with E-state index in [0.717, 1.165) is 40.8 Å². The SMILES string of the molecule is COCCCn1ncc2cc(NC(=O)c3coc(-c4ccnc(C)c4)n3)c(N3CCC(O)CC3)cc21.Cl. The molecule has 10 nitrogen and oxygen atoms in total. The van der Waals surface area contributed by atoms with Crippen LogP contribution in [0.25, 0.3) is 22.4 Å². The topological polar surface area (TPSA) is 119 Å². The van der Waals surface area contributed by atoms with Crippen LogP contribution in [0.2, 0.25) is 0 Å². The van der Waals surface area contributed by atoms with Crippen molar-refractivity contribution >= 4 is 40.6 Å².